The highest BCUT2D eigenvalue weighted by Gasteiger charge is 2.22. The summed E-state index contributed by atoms with van der Waals surface area (Å²) in [5.41, 5.74) is 0. The Balaban J connectivity index is 2.11. The maximum atomic E-state index is 3.56. The Bertz CT molecular complexity index is 493. The van der Waals surface area contributed by atoms with Gasteiger partial charge in [0.2, 0.25) is 0 Å². The summed E-state index contributed by atoms with van der Waals surface area (Å²) in [5, 5.41) is 0. The number of H-pyrrole nitrogens is 1. The summed E-state index contributed by atoms with van der Waals surface area (Å²) < 4.78 is 2.53. The second-order valence-corrected chi connectivity index (χ2v) is 10.2. The maximum absolute atomic E-state index is 3.56. The summed E-state index contributed by atoms with van der Waals surface area (Å²) in [4.78, 5) is 3.56. The molecule has 182 valence electrons. The molecule has 0 radical (unpaired) electrons. The van der Waals surface area contributed by atoms with Crippen LogP contribution in [0.15, 0.2) is 12.4 Å². The standard InChI is InChI=1S/C29H56N2/c1-5-7-9-11-13-14-15-16-18-19-21-23-27(3)29-30-25-26-31(29)28(4)24-22-20-17-12-10-8-6-2/h25-28H,5-24H2,1-4H3/p+1. The van der Waals surface area contributed by atoms with Crippen molar-refractivity contribution in [1.82, 2.24) is 4.98 Å². The Hall–Kier alpha value is -0.790. The largest absolute Gasteiger partial charge is 0.257 e. The second-order valence-electron chi connectivity index (χ2n) is 10.2. The normalized spacial score (nSPS) is 13.5. The minimum absolute atomic E-state index is 0.622. The lowest BCUT2D eigenvalue weighted by Gasteiger charge is -2.14. The van der Waals surface area contributed by atoms with E-state index in [1.807, 2.05) is 0 Å². The van der Waals surface area contributed by atoms with Gasteiger partial charge in [0.1, 0.15) is 12.4 Å². The number of imidazole rings is 1. The van der Waals surface area contributed by atoms with Gasteiger partial charge in [-0.2, -0.15) is 0 Å². The Labute approximate surface area is 196 Å². The summed E-state index contributed by atoms with van der Waals surface area (Å²) >= 11 is 0. The number of hydrogen-bond donors (Lipinski definition) is 1. The molecule has 0 saturated carbocycles. The maximum Gasteiger partial charge on any atom is 0.257 e. The first kappa shape index (κ1) is 28.2. The first-order valence-electron chi connectivity index (χ1n) is 14.3. The zero-order valence-corrected chi connectivity index (χ0v) is 21.9. The van der Waals surface area contributed by atoms with Crippen LogP contribution in [-0.4, -0.2) is 4.98 Å². The van der Waals surface area contributed by atoms with Gasteiger partial charge in [0.15, 0.2) is 0 Å². The van der Waals surface area contributed by atoms with Gasteiger partial charge in [-0.1, -0.05) is 130 Å². The highest BCUT2D eigenvalue weighted by Crippen LogP contribution is 2.21. The van der Waals surface area contributed by atoms with E-state index >= 15 is 0 Å². The third kappa shape index (κ3) is 14.1. The van der Waals surface area contributed by atoms with Crippen LogP contribution in [0.5, 0.6) is 0 Å². The van der Waals surface area contributed by atoms with Gasteiger partial charge in [0, 0.05) is 0 Å². The lowest BCUT2D eigenvalue weighted by atomic mass is 10.00. The molecule has 2 heteroatoms. The van der Waals surface area contributed by atoms with Crippen LogP contribution in [0.1, 0.15) is 174 Å². The minimum Gasteiger partial charge on any atom is -0.247 e. The molecular weight excluding hydrogens is 376 g/mol. The number of aromatic amines is 1. The van der Waals surface area contributed by atoms with E-state index in [1.54, 1.807) is 0 Å². The van der Waals surface area contributed by atoms with Crippen LogP contribution in [0.4, 0.5) is 0 Å². The van der Waals surface area contributed by atoms with E-state index in [1.165, 1.54) is 134 Å². The highest BCUT2D eigenvalue weighted by atomic mass is 15.1. The number of unbranched alkanes of at least 4 members (excludes halogenated alkanes) is 16. The second kappa shape index (κ2) is 19.9. The van der Waals surface area contributed by atoms with E-state index in [0.717, 1.165) is 0 Å². The van der Waals surface area contributed by atoms with E-state index < -0.39 is 0 Å². The molecule has 0 aliphatic rings. The van der Waals surface area contributed by atoms with Crippen LogP contribution in [0, 0.1) is 0 Å². The monoisotopic (exact) mass is 433 g/mol. The highest BCUT2D eigenvalue weighted by molar-refractivity contribution is 4.87. The zero-order valence-electron chi connectivity index (χ0n) is 21.9. The summed E-state index contributed by atoms with van der Waals surface area (Å²) in [6.07, 6.45) is 32.6. The fourth-order valence-corrected chi connectivity index (χ4v) is 4.93. The van der Waals surface area contributed by atoms with Crippen molar-refractivity contribution >= 4 is 0 Å². The van der Waals surface area contributed by atoms with Crippen molar-refractivity contribution in [3.63, 3.8) is 0 Å². The predicted molar refractivity (Wildman–Crippen MR) is 138 cm³/mol. The van der Waals surface area contributed by atoms with E-state index in [-0.39, 0.29) is 0 Å². The summed E-state index contributed by atoms with van der Waals surface area (Å²) in [5.74, 6) is 2.09. The van der Waals surface area contributed by atoms with Crippen LogP contribution in [0.25, 0.3) is 0 Å². The molecule has 0 spiro atoms. The minimum atomic E-state index is 0.622. The lowest BCUT2D eigenvalue weighted by Crippen LogP contribution is -2.40. The van der Waals surface area contributed by atoms with Gasteiger partial charge in [0.05, 0.1) is 12.0 Å². The van der Waals surface area contributed by atoms with Gasteiger partial charge in [0.25, 0.3) is 5.82 Å². The molecule has 0 aromatic carbocycles. The van der Waals surface area contributed by atoms with E-state index in [4.69, 9.17) is 0 Å². The molecule has 1 aromatic heterocycles. The van der Waals surface area contributed by atoms with Crippen molar-refractivity contribution in [3.05, 3.63) is 18.2 Å². The summed E-state index contributed by atoms with van der Waals surface area (Å²) in [6.45, 7) is 9.42. The quantitative estimate of drug-likeness (QED) is 0.139. The number of hydrogen-bond acceptors (Lipinski definition) is 0. The van der Waals surface area contributed by atoms with Crippen LogP contribution < -0.4 is 4.57 Å². The van der Waals surface area contributed by atoms with Crippen molar-refractivity contribution in [1.29, 1.82) is 0 Å². The average molecular weight is 434 g/mol. The molecule has 0 fully saturated rings. The molecule has 1 rings (SSSR count). The molecule has 2 unspecified atom stereocenters. The average Bonchev–Trinajstić information content (AvgIpc) is 3.27. The SMILES string of the molecule is CCCCCCCCCCCCCC(C)c1[nH]cc[n+]1C(C)CCCCCCCCC. The van der Waals surface area contributed by atoms with Crippen molar-refractivity contribution in [3.8, 4) is 0 Å². The molecule has 2 atom stereocenters. The number of aromatic nitrogens is 2. The molecule has 0 aliphatic heterocycles. The lowest BCUT2D eigenvalue weighted by molar-refractivity contribution is -0.727. The van der Waals surface area contributed by atoms with Crippen LogP contribution in [0.3, 0.4) is 0 Å². The molecule has 0 bridgehead atoms. The van der Waals surface area contributed by atoms with Crippen molar-refractivity contribution in [2.45, 2.75) is 168 Å². The Morgan fingerprint density at radius 1 is 0.613 bits per heavy atom. The molecule has 1 heterocycles. The van der Waals surface area contributed by atoms with E-state index in [0.29, 0.717) is 12.0 Å². The Kier molecular flexibility index (Phi) is 18.1. The predicted octanol–water partition coefficient (Wildman–Crippen LogP) is 9.81. The van der Waals surface area contributed by atoms with Crippen molar-refractivity contribution < 1.29 is 4.57 Å². The van der Waals surface area contributed by atoms with Gasteiger partial charge in [-0.25, -0.2) is 9.55 Å². The molecule has 0 amide bonds. The fourth-order valence-electron chi connectivity index (χ4n) is 4.93. The van der Waals surface area contributed by atoms with Crippen LogP contribution >= 0.6 is 0 Å². The smallest absolute Gasteiger partial charge is 0.247 e. The Morgan fingerprint density at radius 3 is 1.52 bits per heavy atom. The van der Waals surface area contributed by atoms with E-state index in [9.17, 15) is 0 Å². The van der Waals surface area contributed by atoms with Gasteiger partial charge in [-0.15, -0.1) is 0 Å². The molecule has 0 saturated heterocycles. The third-order valence-corrected chi connectivity index (χ3v) is 7.15. The molecule has 2 nitrogen and oxygen atoms in total. The summed E-state index contributed by atoms with van der Waals surface area (Å²) in [6, 6.07) is 0.622. The van der Waals surface area contributed by atoms with Gasteiger partial charge in [-0.3, -0.25) is 0 Å². The molecule has 1 aromatic rings. The first-order chi connectivity index (χ1) is 15.2. The van der Waals surface area contributed by atoms with E-state index in [2.05, 4.69) is 49.6 Å². The topological polar surface area (TPSA) is 19.7 Å². The zero-order chi connectivity index (χ0) is 22.6. The fraction of sp³-hybridized carbons (Fsp3) is 0.897. The third-order valence-electron chi connectivity index (χ3n) is 7.15. The van der Waals surface area contributed by atoms with Gasteiger partial charge < -0.3 is 0 Å². The van der Waals surface area contributed by atoms with Crippen LogP contribution in [0.2, 0.25) is 0 Å². The van der Waals surface area contributed by atoms with Gasteiger partial charge >= 0.3 is 0 Å². The molecule has 31 heavy (non-hydrogen) atoms. The van der Waals surface area contributed by atoms with Gasteiger partial charge in [-0.05, 0) is 26.2 Å². The molecule has 1 N–H and O–H groups in total. The Morgan fingerprint density at radius 2 is 1.03 bits per heavy atom. The molecular formula is C29H57N2+. The number of nitrogens with one attached hydrogen (secondary N) is 1. The van der Waals surface area contributed by atoms with Crippen LogP contribution in [-0.2, 0) is 0 Å². The number of nitrogens with zero attached hydrogens (tertiary/aromatic N) is 1. The number of rotatable bonds is 22. The van der Waals surface area contributed by atoms with Crippen molar-refractivity contribution in [2.24, 2.45) is 0 Å². The molecule has 0 aliphatic carbocycles. The van der Waals surface area contributed by atoms with Crippen molar-refractivity contribution in [2.75, 3.05) is 0 Å². The first-order valence-corrected chi connectivity index (χ1v) is 14.3. The summed E-state index contributed by atoms with van der Waals surface area (Å²) in [7, 11) is 0.